The Bertz CT molecular complexity index is 1410. The van der Waals surface area contributed by atoms with E-state index in [2.05, 4.69) is 43.7 Å². The van der Waals surface area contributed by atoms with Crippen molar-refractivity contribution < 1.29 is 8.42 Å². The summed E-state index contributed by atoms with van der Waals surface area (Å²) in [7, 11) is -3.88. The van der Waals surface area contributed by atoms with Gasteiger partial charge in [-0.3, -0.25) is 4.72 Å². The molecule has 0 spiro atoms. The molecule has 0 saturated carbocycles. The first-order valence-corrected chi connectivity index (χ1v) is 11.9. The van der Waals surface area contributed by atoms with Crippen LogP contribution < -0.4 is 4.72 Å². The lowest BCUT2D eigenvalue weighted by Gasteiger charge is -2.19. The van der Waals surface area contributed by atoms with E-state index >= 15 is 0 Å². The first kappa shape index (κ1) is 21.7. The normalized spacial score (nSPS) is 14.1. The number of pyridine rings is 1. The highest BCUT2D eigenvalue weighted by molar-refractivity contribution is 7.92. The van der Waals surface area contributed by atoms with Crippen LogP contribution in [0.2, 0.25) is 0 Å². The molecule has 2 aromatic heterocycles. The predicted octanol–water partition coefficient (Wildman–Crippen LogP) is 5.81. The molecule has 0 saturated heterocycles. The molecule has 5 nitrogen and oxygen atoms in total. The quantitative estimate of drug-likeness (QED) is 0.553. The number of allylic oxidation sites excluding steroid dienone is 6. The number of nitrogens with one attached hydrogen (secondary N) is 1. The number of hydrogen-bond acceptors (Lipinski definition) is 3. The Hall–Kier alpha value is -3.56. The van der Waals surface area contributed by atoms with E-state index in [9.17, 15) is 13.7 Å². The van der Waals surface area contributed by atoms with Gasteiger partial charge in [0.1, 0.15) is 11.9 Å². The number of benzene rings is 1. The SMILES string of the molecule is CC(C)(C)c1ccc(S(=O)(=O)Nc2c(C#N)ccc3cc(C4=CCC=CC=C4)cn23)cc1. The molecule has 1 aromatic carbocycles. The molecule has 2 heterocycles. The second kappa shape index (κ2) is 8.18. The maximum Gasteiger partial charge on any atom is 0.263 e. The molecule has 1 aliphatic rings. The zero-order chi connectivity index (χ0) is 22.9. The maximum atomic E-state index is 13.2. The van der Waals surface area contributed by atoms with Crippen molar-refractivity contribution in [1.82, 2.24) is 4.40 Å². The maximum absolute atomic E-state index is 13.2. The van der Waals surface area contributed by atoms with Crippen LogP contribution in [0.4, 0.5) is 5.82 Å². The predicted molar refractivity (Wildman–Crippen MR) is 129 cm³/mol. The Kier molecular flexibility index (Phi) is 5.53. The summed E-state index contributed by atoms with van der Waals surface area (Å²) in [6.45, 7) is 6.23. The Balaban J connectivity index is 1.76. The summed E-state index contributed by atoms with van der Waals surface area (Å²) in [5, 5.41) is 9.63. The summed E-state index contributed by atoms with van der Waals surface area (Å²) in [6, 6.07) is 14.4. The molecule has 1 N–H and O–H groups in total. The van der Waals surface area contributed by atoms with Crippen LogP contribution in [0.25, 0.3) is 11.1 Å². The van der Waals surface area contributed by atoms with Crippen molar-refractivity contribution in [3.63, 3.8) is 0 Å². The van der Waals surface area contributed by atoms with Gasteiger partial charge in [0.25, 0.3) is 10.0 Å². The lowest BCUT2D eigenvalue weighted by Crippen LogP contribution is -2.17. The molecular weight excluding hydrogens is 418 g/mol. The number of fused-ring (bicyclic) bond motifs is 1. The third kappa shape index (κ3) is 4.25. The molecular formula is C26H25N3O2S. The van der Waals surface area contributed by atoms with Crippen molar-refractivity contribution >= 4 is 26.9 Å². The average molecular weight is 444 g/mol. The largest absolute Gasteiger partial charge is 0.301 e. The van der Waals surface area contributed by atoms with E-state index in [1.54, 1.807) is 22.6 Å². The molecule has 0 amide bonds. The summed E-state index contributed by atoms with van der Waals surface area (Å²) in [6.07, 6.45) is 12.9. The van der Waals surface area contributed by atoms with Crippen LogP contribution in [-0.2, 0) is 15.4 Å². The molecule has 0 atom stereocenters. The van der Waals surface area contributed by atoms with Crippen LogP contribution >= 0.6 is 0 Å². The number of sulfonamides is 1. The Morgan fingerprint density at radius 1 is 1.06 bits per heavy atom. The van der Waals surface area contributed by atoms with Gasteiger partial charge >= 0.3 is 0 Å². The molecule has 0 aliphatic heterocycles. The van der Waals surface area contributed by atoms with Crippen molar-refractivity contribution in [3.8, 4) is 6.07 Å². The molecule has 0 unspecified atom stereocenters. The van der Waals surface area contributed by atoms with Gasteiger partial charge in [-0.15, -0.1) is 0 Å². The third-order valence-electron chi connectivity index (χ3n) is 5.48. The van der Waals surface area contributed by atoms with Gasteiger partial charge in [0, 0.05) is 17.3 Å². The Morgan fingerprint density at radius 2 is 1.81 bits per heavy atom. The highest BCUT2D eigenvalue weighted by Crippen LogP contribution is 2.29. The lowest BCUT2D eigenvalue weighted by molar-refractivity contribution is 0.587. The number of anilines is 1. The van der Waals surface area contributed by atoms with E-state index in [0.29, 0.717) is 0 Å². The molecule has 0 fully saturated rings. The van der Waals surface area contributed by atoms with Gasteiger partial charge in [0.15, 0.2) is 0 Å². The van der Waals surface area contributed by atoms with Crippen molar-refractivity contribution in [3.05, 3.63) is 95.7 Å². The molecule has 4 rings (SSSR count). The highest BCUT2D eigenvalue weighted by atomic mass is 32.2. The second-order valence-corrected chi connectivity index (χ2v) is 10.5. The summed E-state index contributed by atoms with van der Waals surface area (Å²) in [5.41, 5.74) is 4.02. The van der Waals surface area contributed by atoms with E-state index in [0.717, 1.165) is 28.6 Å². The zero-order valence-electron chi connectivity index (χ0n) is 18.3. The summed E-state index contributed by atoms with van der Waals surface area (Å²) in [5.74, 6) is 0.229. The van der Waals surface area contributed by atoms with Crippen molar-refractivity contribution in [1.29, 1.82) is 5.26 Å². The number of aromatic nitrogens is 1. The first-order chi connectivity index (χ1) is 15.2. The van der Waals surface area contributed by atoms with Gasteiger partial charge in [-0.1, -0.05) is 63.3 Å². The van der Waals surface area contributed by atoms with Gasteiger partial charge in [0.2, 0.25) is 0 Å². The fourth-order valence-corrected chi connectivity index (χ4v) is 4.72. The Morgan fingerprint density at radius 3 is 2.50 bits per heavy atom. The minimum Gasteiger partial charge on any atom is -0.301 e. The number of hydrogen-bond donors (Lipinski definition) is 1. The van der Waals surface area contributed by atoms with Gasteiger partial charge in [-0.05, 0) is 53.3 Å². The average Bonchev–Trinajstić information content (AvgIpc) is 3.00. The molecule has 6 heteroatoms. The Labute approximate surface area is 189 Å². The molecule has 0 radical (unpaired) electrons. The van der Waals surface area contributed by atoms with E-state index in [4.69, 9.17) is 0 Å². The van der Waals surface area contributed by atoms with Crippen LogP contribution in [-0.4, -0.2) is 12.8 Å². The van der Waals surface area contributed by atoms with Crippen LogP contribution in [0.15, 0.2) is 83.9 Å². The third-order valence-corrected chi connectivity index (χ3v) is 6.83. The van der Waals surface area contributed by atoms with Gasteiger partial charge in [0.05, 0.1) is 10.5 Å². The minimum absolute atomic E-state index is 0.0759. The van der Waals surface area contributed by atoms with Crippen LogP contribution in [0.1, 0.15) is 43.9 Å². The molecule has 162 valence electrons. The molecule has 32 heavy (non-hydrogen) atoms. The number of nitrogens with zero attached hydrogens (tertiary/aromatic N) is 2. The molecule has 3 aromatic rings. The van der Waals surface area contributed by atoms with Gasteiger partial charge < -0.3 is 4.40 Å². The van der Waals surface area contributed by atoms with Crippen LogP contribution in [0.5, 0.6) is 0 Å². The first-order valence-electron chi connectivity index (χ1n) is 10.4. The lowest BCUT2D eigenvalue weighted by atomic mass is 9.87. The van der Waals surface area contributed by atoms with Crippen molar-refractivity contribution in [2.45, 2.75) is 37.5 Å². The van der Waals surface area contributed by atoms with E-state index in [1.165, 1.54) is 0 Å². The monoisotopic (exact) mass is 443 g/mol. The second-order valence-electron chi connectivity index (χ2n) is 8.79. The molecule has 1 aliphatic carbocycles. The zero-order valence-corrected chi connectivity index (χ0v) is 19.1. The summed E-state index contributed by atoms with van der Waals surface area (Å²) >= 11 is 0. The highest BCUT2D eigenvalue weighted by Gasteiger charge is 2.21. The van der Waals surface area contributed by atoms with Gasteiger partial charge in [-0.2, -0.15) is 5.26 Å². The number of rotatable bonds is 4. The van der Waals surface area contributed by atoms with E-state index < -0.39 is 10.0 Å². The van der Waals surface area contributed by atoms with Crippen molar-refractivity contribution in [2.75, 3.05) is 4.72 Å². The summed E-state index contributed by atoms with van der Waals surface area (Å²) < 4.78 is 30.7. The fourth-order valence-electron chi connectivity index (χ4n) is 3.65. The smallest absolute Gasteiger partial charge is 0.263 e. The fraction of sp³-hybridized carbons (Fsp3) is 0.192. The summed E-state index contributed by atoms with van der Waals surface area (Å²) in [4.78, 5) is 0.152. The van der Waals surface area contributed by atoms with Crippen LogP contribution in [0, 0.1) is 11.3 Å². The van der Waals surface area contributed by atoms with Crippen LogP contribution in [0.3, 0.4) is 0 Å². The standard InChI is InChI=1S/C26H25N3O2S/c1-26(2,3)22-11-14-24(15-12-22)32(30,31)28-25-20(17-27)10-13-23-16-21(18-29(23)25)19-8-6-4-5-7-9-19/h4-6,8-16,18,28H,7H2,1-3H3. The molecule has 0 bridgehead atoms. The van der Waals surface area contributed by atoms with E-state index in [1.807, 2.05) is 48.7 Å². The van der Waals surface area contributed by atoms with Gasteiger partial charge in [-0.25, -0.2) is 8.42 Å². The van der Waals surface area contributed by atoms with E-state index in [-0.39, 0.29) is 21.7 Å². The minimum atomic E-state index is -3.88. The topological polar surface area (TPSA) is 74.4 Å². The number of nitriles is 1. The van der Waals surface area contributed by atoms with Crippen molar-refractivity contribution in [2.24, 2.45) is 0 Å².